The van der Waals surface area contributed by atoms with E-state index in [-0.39, 0.29) is 5.82 Å². The van der Waals surface area contributed by atoms with Crippen LogP contribution in [-0.4, -0.2) is 12.6 Å². The van der Waals surface area contributed by atoms with E-state index < -0.39 is 0 Å². The van der Waals surface area contributed by atoms with E-state index in [2.05, 4.69) is 19.2 Å². The van der Waals surface area contributed by atoms with E-state index in [4.69, 9.17) is 11.6 Å². The number of hydrogen-bond donors (Lipinski definition) is 1. The number of rotatable bonds is 8. The van der Waals surface area contributed by atoms with Gasteiger partial charge in [0, 0.05) is 11.1 Å². The van der Waals surface area contributed by atoms with Crippen LogP contribution in [-0.2, 0) is 6.42 Å². The van der Waals surface area contributed by atoms with Crippen molar-refractivity contribution in [3.8, 4) is 0 Å². The quantitative estimate of drug-likeness (QED) is 0.730. The summed E-state index contributed by atoms with van der Waals surface area (Å²) in [5.74, 6) is -0.187. The first-order valence-electron chi connectivity index (χ1n) is 6.84. The lowest BCUT2D eigenvalue weighted by atomic mass is 10.0. The Morgan fingerprint density at radius 1 is 1.22 bits per heavy atom. The molecule has 1 aromatic rings. The van der Waals surface area contributed by atoms with Crippen molar-refractivity contribution in [3.63, 3.8) is 0 Å². The predicted molar refractivity (Wildman–Crippen MR) is 76.7 cm³/mol. The Bertz CT molecular complexity index is 354. The first-order chi connectivity index (χ1) is 8.67. The molecule has 18 heavy (non-hydrogen) atoms. The average molecular weight is 272 g/mol. The third-order valence-electron chi connectivity index (χ3n) is 3.10. The fourth-order valence-corrected chi connectivity index (χ4v) is 2.26. The monoisotopic (exact) mass is 271 g/mol. The normalized spacial score (nSPS) is 12.7. The Hall–Kier alpha value is -0.600. The lowest BCUT2D eigenvalue weighted by Crippen LogP contribution is -2.30. The van der Waals surface area contributed by atoms with Crippen LogP contribution in [0.2, 0.25) is 5.02 Å². The van der Waals surface area contributed by atoms with Crippen molar-refractivity contribution >= 4 is 11.6 Å². The van der Waals surface area contributed by atoms with Gasteiger partial charge in [-0.25, -0.2) is 4.39 Å². The summed E-state index contributed by atoms with van der Waals surface area (Å²) in [5.41, 5.74) is 0.763. The van der Waals surface area contributed by atoms with Gasteiger partial charge >= 0.3 is 0 Å². The van der Waals surface area contributed by atoms with Gasteiger partial charge in [0.2, 0.25) is 0 Å². The van der Waals surface area contributed by atoms with E-state index in [1.165, 1.54) is 6.07 Å². The molecule has 1 aromatic carbocycles. The molecule has 0 aliphatic carbocycles. The zero-order valence-electron chi connectivity index (χ0n) is 11.3. The summed E-state index contributed by atoms with van der Waals surface area (Å²) in [6.07, 6.45) is 5.19. The highest BCUT2D eigenvalue weighted by atomic mass is 35.5. The third kappa shape index (κ3) is 5.36. The SMILES string of the molecule is CCCNC(CCC)CCc1ccc(Cl)cc1F. The molecule has 1 unspecified atom stereocenters. The van der Waals surface area contributed by atoms with Crippen molar-refractivity contribution in [2.24, 2.45) is 0 Å². The molecule has 0 saturated heterocycles. The molecule has 0 bridgehead atoms. The molecule has 0 fully saturated rings. The molecule has 1 atom stereocenters. The minimum Gasteiger partial charge on any atom is -0.314 e. The zero-order chi connectivity index (χ0) is 13.4. The molecule has 0 heterocycles. The summed E-state index contributed by atoms with van der Waals surface area (Å²) in [5, 5.41) is 3.99. The molecule has 1 rings (SSSR count). The molecule has 0 amide bonds. The Labute approximate surface area is 115 Å². The number of hydrogen-bond acceptors (Lipinski definition) is 1. The third-order valence-corrected chi connectivity index (χ3v) is 3.33. The maximum absolute atomic E-state index is 13.6. The highest BCUT2D eigenvalue weighted by Gasteiger charge is 2.09. The second-order valence-corrected chi connectivity index (χ2v) is 5.15. The van der Waals surface area contributed by atoms with E-state index in [0.717, 1.165) is 44.2 Å². The lowest BCUT2D eigenvalue weighted by molar-refractivity contribution is 0.445. The van der Waals surface area contributed by atoms with Gasteiger partial charge in [-0.1, -0.05) is 37.9 Å². The van der Waals surface area contributed by atoms with Crippen LogP contribution in [0.1, 0.15) is 45.1 Å². The molecule has 0 aromatic heterocycles. The molecule has 0 spiro atoms. The van der Waals surface area contributed by atoms with Crippen molar-refractivity contribution in [2.75, 3.05) is 6.54 Å². The molecule has 102 valence electrons. The number of aryl methyl sites for hydroxylation is 1. The predicted octanol–water partition coefficient (Wildman–Crippen LogP) is 4.58. The molecule has 1 nitrogen and oxygen atoms in total. The van der Waals surface area contributed by atoms with Gasteiger partial charge in [0.05, 0.1) is 0 Å². The van der Waals surface area contributed by atoms with Crippen LogP contribution in [0.3, 0.4) is 0 Å². The van der Waals surface area contributed by atoms with Crippen LogP contribution < -0.4 is 5.32 Å². The van der Waals surface area contributed by atoms with Crippen molar-refractivity contribution in [2.45, 2.75) is 52.0 Å². The Balaban J connectivity index is 2.49. The van der Waals surface area contributed by atoms with E-state index in [0.29, 0.717) is 11.1 Å². The van der Waals surface area contributed by atoms with Crippen LogP contribution >= 0.6 is 11.6 Å². The average Bonchev–Trinajstić information content (AvgIpc) is 2.34. The molecule has 0 aliphatic rings. The first-order valence-corrected chi connectivity index (χ1v) is 7.22. The zero-order valence-corrected chi connectivity index (χ0v) is 12.1. The standard InChI is InChI=1S/C15H23ClFN/c1-3-5-14(18-10-4-2)9-7-12-6-8-13(16)11-15(12)17/h6,8,11,14,18H,3-5,7,9-10H2,1-2H3. The van der Waals surface area contributed by atoms with Gasteiger partial charge < -0.3 is 5.32 Å². The summed E-state index contributed by atoms with van der Waals surface area (Å²) in [6.45, 7) is 5.38. The summed E-state index contributed by atoms with van der Waals surface area (Å²) < 4.78 is 13.6. The second kappa shape index (κ2) is 8.49. The van der Waals surface area contributed by atoms with E-state index in [1.54, 1.807) is 12.1 Å². The van der Waals surface area contributed by atoms with E-state index >= 15 is 0 Å². The van der Waals surface area contributed by atoms with Gasteiger partial charge in [0.25, 0.3) is 0 Å². The van der Waals surface area contributed by atoms with Crippen LogP contribution in [0.4, 0.5) is 4.39 Å². The smallest absolute Gasteiger partial charge is 0.127 e. The Morgan fingerprint density at radius 2 is 2.00 bits per heavy atom. The van der Waals surface area contributed by atoms with E-state index in [9.17, 15) is 4.39 Å². The van der Waals surface area contributed by atoms with E-state index in [1.807, 2.05) is 0 Å². The largest absolute Gasteiger partial charge is 0.314 e. The molecule has 0 aliphatic heterocycles. The topological polar surface area (TPSA) is 12.0 Å². The minimum absolute atomic E-state index is 0.187. The van der Waals surface area contributed by atoms with Crippen LogP contribution in [0.5, 0.6) is 0 Å². The molecule has 3 heteroatoms. The van der Waals surface area contributed by atoms with Crippen LogP contribution in [0, 0.1) is 5.82 Å². The van der Waals surface area contributed by atoms with Crippen molar-refractivity contribution in [3.05, 3.63) is 34.6 Å². The summed E-state index contributed by atoms with van der Waals surface area (Å²) >= 11 is 5.75. The Kier molecular flexibility index (Phi) is 7.29. The summed E-state index contributed by atoms with van der Waals surface area (Å²) in [4.78, 5) is 0. The Morgan fingerprint density at radius 3 is 2.61 bits per heavy atom. The highest BCUT2D eigenvalue weighted by molar-refractivity contribution is 6.30. The summed E-state index contributed by atoms with van der Waals surface area (Å²) in [7, 11) is 0. The maximum atomic E-state index is 13.6. The molecule has 1 N–H and O–H groups in total. The van der Waals surface area contributed by atoms with Gasteiger partial charge in [0.1, 0.15) is 5.82 Å². The van der Waals surface area contributed by atoms with Gasteiger partial charge in [-0.3, -0.25) is 0 Å². The van der Waals surface area contributed by atoms with Crippen molar-refractivity contribution in [1.82, 2.24) is 5.32 Å². The molecular formula is C15H23ClFN. The minimum atomic E-state index is -0.187. The second-order valence-electron chi connectivity index (χ2n) is 4.71. The van der Waals surface area contributed by atoms with Gasteiger partial charge in [-0.2, -0.15) is 0 Å². The molecule has 0 radical (unpaired) electrons. The van der Waals surface area contributed by atoms with Crippen molar-refractivity contribution < 1.29 is 4.39 Å². The summed E-state index contributed by atoms with van der Waals surface area (Å²) in [6, 6.07) is 5.44. The first kappa shape index (κ1) is 15.5. The fraction of sp³-hybridized carbons (Fsp3) is 0.600. The number of halogens is 2. The van der Waals surface area contributed by atoms with Crippen LogP contribution in [0.15, 0.2) is 18.2 Å². The highest BCUT2D eigenvalue weighted by Crippen LogP contribution is 2.17. The van der Waals surface area contributed by atoms with Gasteiger partial charge in [0.15, 0.2) is 0 Å². The lowest BCUT2D eigenvalue weighted by Gasteiger charge is -2.17. The maximum Gasteiger partial charge on any atom is 0.127 e. The van der Waals surface area contributed by atoms with Gasteiger partial charge in [-0.15, -0.1) is 0 Å². The molecular weight excluding hydrogens is 249 g/mol. The number of benzene rings is 1. The molecule has 0 saturated carbocycles. The van der Waals surface area contributed by atoms with Gasteiger partial charge in [-0.05, 0) is 49.9 Å². The van der Waals surface area contributed by atoms with Crippen LogP contribution in [0.25, 0.3) is 0 Å². The number of nitrogens with one attached hydrogen (secondary N) is 1. The fourth-order valence-electron chi connectivity index (χ4n) is 2.10. The van der Waals surface area contributed by atoms with Crippen molar-refractivity contribution in [1.29, 1.82) is 0 Å².